The van der Waals surface area contributed by atoms with Crippen molar-refractivity contribution in [3.8, 4) is 0 Å². The highest BCUT2D eigenvalue weighted by Crippen LogP contribution is 2.50. The topological polar surface area (TPSA) is 52.6 Å². The molecule has 0 unspecified atom stereocenters. The Hall–Kier alpha value is -0.440. The van der Waals surface area contributed by atoms with Gasteiger partial charge in [-0.05, 0) is 26.3 Å². The summed E-state index contributed by atoms with van der Waals surface area (Å²) in [6.45, 7) is 4.27. The Bertz CT molecular complexity index is 299. The van der Waals surface area contributed by atoms with Gasteiger partial charge in [-0.15, -0.1) is 0 Å². The number of ketones is 1. The van der Waals surface area contributed by atoms with Crippen molar-refractivity contribution in [2.45, 2.75) is 26.7 Å². The Morgan fingerprint density at radius 3 is 2.27 bits per heavy atom. The first-order valence-corrected chi connectivity index (χ1v) is 6.93. The highest BCUT2D eigenvalue weighted by atomic mass is 31.2. The Labute approximate surface area is 90.2 Å². The van der Waals surface area contributed by atoms with Crippen molar-refractivity contribution in [1.29, 1.82) is 0 Å². The van der Waals surface area contributed by atoms with Gasteiger partial charge in [-0.25, -0.2) is 0 Å². The number of allylic oxidation sites excluding steroid dienone is 2. The molecule has 4 nitrogen and oxygen atoms in total. The first kappa shape index (κ1) is 12.6. The molecular formula is C10H17O4P. The maximum absolute atomic E-state index is 12.1. The summed E-state index contributed by atoms with van der Waals surface area (Å²) in [4.78, 5) is 11.0. The molecule has 0 aliphatic heterocycles. The van der Waals surface area contributed by atoms with Crippen LogP contribution in [-0.4, -0.2) is 25.2 Å². The van der Waals surface area contributed by atoms with Gasteiger partial charge in [-0.1, -0.05) is 5.57 Å². The molecule has 0 saturated carbocycles. The van der Waals surface area contributed by atoms with Gasteiger partial charge in [0.25, 0.3) is 0 Å². The van der Waals surface area contributed by atoms with Crippen molar-refractivity contribution in [3.05, 3.63) is 11.6 Å². The van der Waals surface area contributed by atoms with Crippen molar-refractivity contribution < 1.29 is 18.4 Å². The van der Waals surface area contributed by atoms with Gasteiger partial charge >= 0.3 is 7.60 Å². The predicted octanol–water partition coefficient (Wildman–Crippen LogP) is 2.54. The average Bonchev–Trinajstić information content (AvgIpc) is 2.51. The molecule has 0 amide bonds. The monoisotopic (exact) mass is 232 g/mol. The lowest BCUT2D eigenvalue weighted by Crippen LogP contribution is -2.01. The zero-order valence-electron chi connectivity index (χ0n) is 9.19. The molecule has 0 bridgehead atoms. The van der Waals surface area contributed by atoms with Gasteiger partial charge in [0.2, 0.25) is 0 Å². The molecule has 0 saturated heterocycles. The van der Waals surface area contributed by atoms with E-state index in [-0.39, 0.29) is 11.9 Å². The summed E-state index contributed by atoms with van der Waals surface area (Å²) in [5, 5.41) is 0. The molecule has 0 aromatic carbocycles. The van der Waals surface area contributed by atoms with Gasteiger partial charge in [0.05, 0.1) is 19.4 Å². The molecule has 5 heteroatoms. The van der Waals surface area contributed by atoms with E-state index in [0.717, 1.165) is 5.57 Å². The van der Waals surface area contributed by atoms with Crippen LogP contribution in [0.5, 0.6) is 0 Å². The number of hydrogen-bond acceptors (Lipinski definition) is 4. The van der Waals surface area contributed by atoms with Crippen LogP contribution >= 0.6 is 7.60 Å². The van der Waals surface area contributed by atoms with Crippen molar-refractivity contribution >= 4 is 13.4 Å². The van der Waals surface area contributed by atoms with Crippen LogP contribution in [0.15, 0.2) is 11.6 Å². The SMILES string of the molecule is CCOP(=O)(CC1=CC(=O)CC1)OCC. The molecule has 1 aliphatic rings. The lowest BCUT2D eigenvalue weighted by Gasteiger charge is -2.17. The van der Waals surface area contributed by atoms with Crippen LogP contribution in [-0.2, 0) is 18.4 Å². The second kappa shape index (κ2) is 5.59. The van der Waals surface area contributed by atoms with E-state index in [2.05, 4.69) is 0 Å². The van der Waals surface area contributed by atoms with E-state index in [9.17, 15) is 9.36 Å². The third-order valence-electron chi connectivity index (χ3n) is 2.11. The predicted molar refractivity (Wildman–Crippen MR) is 58.0 cm³/mol. The highest BCUT2D eigenvalue weighted by Gasteiger charge is 2.27. The molecule has 0 N–H and O–H groups in total. The standard InChI is InChI=1S/C10H17O4P/c1-3-13-15(12,14-4-2)8-9-5-6-10(11)7-9/h7H,3-6,8H2,1-2H3. The molecule has 0 spiro atoms. The van der Waals surface area contributed by atoms with Gasteiger partial charge in [-0.3, -0.25) is 9.36 Å². The zero-order chi connectivity index (χ0) is 11.3. The van der Waals surface area contributed by atoms with Crippen LogP contribution in [0.1, 0.15) is 26.7 Å². The minimum atomic E-state index is -3.02. The zero-order valence-corrected chi connectivity index (χ0v) is 10.1. The lowest BCUT2D eigenvalue weighted by molar-refractivity contribution is -0.114. The summed E-state index contributed by atoms with van der Waals surface area (Å²) in [6, 6.07) is 0. The van der Waals surface area contributed by atoms with Crippen molar-refractivity contribution in [2.75, 3.05) is 19.4 Å². The van der Waals surface area contributed by atoms with Crippen molar-refractivity contribution in [3.63, 3.8) is 0 Å². The van der Waals surface area contributed by atoms with Gasteiger partial charge in [-0.2, -0.15) is 0 Å². The Kier molecular flexibility index (Phi) is 4.71. The third kappa shape index (κ3) is 3.90. The number of carbonyl (C=O) groups excluding carboxylic acids is 1. The van der Waals surface area contributed by atoms with Crippen LogP contribution in [0.4, 0.5) is 0 Å². The van der Waals surface area contributed by atoms with Gasteiger partial charge < -0.3 is 9.05 Å². The van der Waals surface area contributed by atoms with Crippen LogP contribution < -0.4 is 0 Å². The first-order valence-electron chi connectivity index (χ1n) is 5.20. The second-order valence-electron chi connectivity index (χ2n) is 3.37. The van der Waals surface area contributed by atoms with Crippen LogP contribution in [0.25, 0.3) is 0 Å². The number of carbonyl (C=O) groups is 1. The molecule has 0 aromatic heterocycles. The number of hydrogen-bond donors (Lipinski definition) is 0. The summed E-state index contributed by atoms with van der Waals surface area (Å²) in [6.07, 6.45) is 3.02. The molecule has 86 valence electrons. The molecule has 0 aromatic rings. The smallest absolute Gasteiger partial charge is 0.309 e. The minimum Gasteiger partial charge on any atom is -0.309 e. The molecule has 0 atom stereocenters. The third-order valence-corrected chi connectivity index (χ3v) is 4.20. The quantitative estimate of drug-likeness (QED) is 0.660. The van der Waals surface area contributed by atoms with E-state index < -0.39 is 7.60 Å². The normalized spacial score (nSPS) is 16.9. The Morgan fingerprint density at radius 1 is 1.27 bits per heavy atom. The first-order chi connectivity index (χ1) is 7.09. The van der Waals surface area contributed by atoms with E-state index in [1.165, 1.54) is 0 Å². The minimum absolute atomic E-state index is 0.101. The molecule has 15 heavy (non-hydrogen) atoms. The van der Waals surface area contributed by atoms with Crippen molar-refractivity contribution in [2.24, 2.45) is 0 Å². The molecule has 0 heterocycles. The van der Waals surface area contributed by atoms with E-state index >= 15 is 0 Å². The molecule has 1 rings (SSSR count). The lowest BCUT2D eigenvalue weighted by atomic mass is 10.3. The van der Waals surface area contributed by atoms with E-state index in [1.54, 1.807) is 19.9 Å². The maximum atomic E-state index is 12.1. The summed E-state index contributed by atoms with van der Waals surface area (Å²) in [5.41, 5.74) is 0.880. The molecule has 1 aliphatic carbocycles. The van der Waals surface area contributed by atoms with Crippen LogP contribution in [0.3, 0.4) is 0 Å². The molecule has 0 radical (unpaired) electrons. The maximum Gasteiger partial charge on any atom is 0.334 e. The largest absolute Gasteiger partial charge is 0.334 e. The highest BCUT2D eigenvalue weighted by molar-refractivity contribution is 7.54. The van der Waals surface area contributed by atoms with Crippen LogP contribution in [0.2, 0.25) is 0 Å². The van der Waals surface area contributed by atoms with Crippen LogP contribution in [0, 0.1) is 0 Å². The average molecular weight is 232 g/mol. The Morgan fingerprint density at radius 2 is 1.87 bits per heavy atom. The molecule has 0 fully saturated rings. The number of rotatable bonds is 6. The van der Waals surface area contributed by atoms with Crippen molar-refractivity contribution in [1.82, 2.24) is 0 Å². The summed E-state index contributed by atoms with van der Waals surface area (Å²) < 4.78 is 22.4. The fourth-order valence-corrected chi connectivity index (χ4v) is 3.34. The second-order valence-corrected chi connectivity index (χ2v) is 5.43. The fourth-order valence-electron chi connectivity index (χ4n) is 1.55. The van der Waals surface area contributed by atoms with Gasteiger partial charge in [0, 0.05) is 6.42 Å². The fraction of sp³-hybridized carbons (Fsp3) is 0.700. The summed E-state index contributed by atoms with van der Waals surface area (Å²) >= 11 is 0. The summed E-state index contributed by atoms with van der Waals surface area (Å²) in [5.74, 6) is 0.101. The summed E-state index contributed by atoms with van der Waals surface area (Å²) in [7, 11) is -3.02. The Balaban J connectivity index is 2.62. The van der Waals surface area contributed by atoms with E-state index in [0.29, 0.717) is 26.1 Å². The van der Waals surface area contributed by atoms with E-state index in [4.69, 9.17) is 9.05 Å². The van der Waals surface area contributed by atoms with Gasteiger partial charge in [0.15, 0.2) is 5.78 Å². The van der Waals surface area contributed by atoms with E-state index in [1.807, 2.05) is 0 Å². The molecular weight excluding hydrogens is 215 g/mol. The van der Waals surface area contributed by atoms with Gasteiger partial charge in [0.1, 0.15) is 0 Å².